The molecule has 1 unspecified atom stereocenters. The molecule has 0 saturated carbocycles. The molecule has 0 saturated heterocycles. The van der Waals surface area contributed by atoms with Gasteiger partial charge in [0.1, 0.15) is 11.9 Å². The van der Waals surface area contributed by atoms with Crippen LogP contribution in [0.4, 0.5) is 4.39 Å². The van der Waals surface area contributed by atoms with E-state index >= 15 is 0 Å². The van der Waals surface area contributed by atoms with E-state index in [0.29, 0.717) is 0 Å². The molecule has 0 N–H and O–H groups in total. The largest absolute Gasteiger partial charge is 0.272 e. The maximum absolute atomic E-state index is 12.8. The van der Waals surface area contributed by atoms with Gasteiger partial charge in [-0.25, -0.2) is 4.39 Å². The zero-order valence-electron chi connectivity index (χ0n) is 8.60. The fourth-order valence-electron chi connectivity index (χ4n) is 1.82. The van der Waals surface area contributed by atoms with E-state index in [4.69, 9.17) is 0 Å². The molecule has 0 spiro atoms. The molecule has 1 nitrogen and oxygen atoms in total. The standard InChI is InChI=1S/C14H10FN/c15-12-8-6-11(7-9-12)14-13(16-14)10-4-2-1-3-5-10/h1-9,14H. The topological polar surface area (TPSA) is 12.4 Å². The molecule has 1 atom stereocenters. The second-order valence-corrected chi connectivity index (χ2v) is 3.83. The van der Waals surface area contributed by atoms with Crippen LogP contribution in [0.2, 0.25) is 0 Å². The van der Waals surface area contributed by atoms with Gasteiger partial charge in [0, 0.05) is 0 Å². The molecule has 1 heterocycles. The van der Waals surface area contributed by atoms with Crippen LogP contribution in [0, 0.1) is 5.82 Å². The molecule has 0 amide bonds. The van der Waals surface area contributed by atoms with E-state index < -0.39 is 0 Å². The van der Waals surface area contributed by atoms with Gasteiger partial charge >= 0.3 is 0 Å². The van der Waals surface area contributed by atoms with Crippen LogP contribution in [0.25, 0.3) is 0 Å². The minimum atomic E-state index is -0.203. The van der Waals surface area contributed by atoms with Gasteiger partial charge in [-0.3, -0.25) is 4.99 Å². The van der Waals surface area contributed by atoms with Crippen LogP contribution in [0.3, 0.4) is 0 Å². The summed E-state index contributed by atoms with van der Waals surface area (Å²) in [5, 5.41) is 0. The first-order valence-corrected chi connectivity index (χ1v) is 5.23. The average Bonchev–Trinajstić information content (AvgIpc) is 3.11. The Bertz CT molecular complexity index is 528. The van der Waals surface area contributed by atoms with Crippen molar-refractivity contribution in [2.45, 2.75) is 6.04 Å². The molecule has 3 rings (SSSR count). The van der Waals surface area contributed by atoms with Crippen LogP contribution in [0.15, 0.2) is 59.6 Å². The van der Waals surface area contributed by atoms with E-state index in [-0.39, 0.29) is 11.9 Å². The summed E-state index contributed by atoms with van der Waals surface area (Å²) in [5.74, 6) is -0.203. The number of rotatable bonds is 2. The lowest BCUT2D eigenvalue weighted by Crippen LogP contribution is -1.93. The van der Waals surface area contributed by atoms with Gasteiger partial charge in [0.05, 0.1) is 5.71 Å². The van der Waals surface area contributed by atoms with Gasteiger partial charge in [-0.2, -0.15) is 0 Å². The summed E-state index contributed by atoms with van der Waals surface area (Å²) in [4.78, 5) is 4.42. The third-order valence-electron chi connectivity index (χ3n) is 2.71. The highest BCUT2D eigenvalue weighted by Crippen LogP contribution is 2.34. The van der Waals surface area contributed by atoms with Crippen LogP contribution >= 0.6 is 0 Å². The summed E-state index contributed by atoms with van der Waals surface area (Å²) >= 11 is 0. The van der Waals surface area contributed by atoms with Crippen molar-refractivity contribution in [3.05, 3.63) is 71.5 Å². The third kappa shape index (κ3) is 1.63. The first-order valence-electron chi connectivity index (χ1n) is 5.23. The molecule has 0 aromatic heterocycles. The minimum Gasteiger partial charge on any atom is -0.272 e. The minimum absolute atomic E-state index is 0.128. The average molecular weight is 211 g/mol. The SMILES string of the molecule is Fc1ccc(C2N=C2c2ccccc2)cc1. The summed E-state index contributed by atoms with van der Waals surface area (Å²) in [6, 6.07) is 16.7. The molecular formula is C14H10FN. The summed E-state index contributed by atoms with van der Waals surface area (Å²) in [6.07, 6.45) is 0. The van der Waals surface area contributed by atoms with Crippen LogP contribution in [0.1, 0.15) is 17.2 Å². The normalized spacial score (nSPS) is 18.1. The second-order valence-electron chi connectivity index (χ2n) is 3.83. The summed E-state index contributed by atoms with van der Waals surface area (Å²) in [7, 11) is 0. The smallest absolute Gasteiger partial charge is 0.123 e. The lowest BCUT2D eigenvalue weighted by Gasteiger charge is -1.98. The molecule has 2 heteroatoms. The number of hydrogen-bond acceptors (Lipinski definition) is 1. The predicted molar refractivity (Wildman–Crippen MR) is 62.1 cm³/mol. The molecule has 0 fully saturated rings. The maximum atomic E-state index is 12.8. The molecular weight excluding hydrogens is 201 g/mol. The van der Waals surface area contributed by atoms with Crippen molar-refractivity contribution in [3.8, 4) is 0 Å². The Kier molecular flexibility index (Phi) is 2.07. The van der Waals surface area contributed by atoms with Crippen LogP contribution in [-0.4, -0.2) is 5.71 Å². The van der Waals surface area contributed by atoms with Crippen molar-refractivity contribution in [2.75, 3.05) is 0 Å². The quantitative estimate of drug-likeness (QED) is 0.722. The van der Waals surface area contributed by atoms with Gasteiger partial charge in [0.2, 0.25) is 0 Å². The van der Waals surface area contributed by atoms with Gasteiger partial charge in [0.25, 0.3) is 0 Å². The fourth-order valence-corrected chi connectivity index (χ4v) is 1.82. The zero-order chi connectivity index (χ0) is 11.0. The Balaban J connectivity index is 1.81. The molecule has 0 aliphatic carbocycles. The molecule has 0 radical (unpaired) electrons. The molecule has 16 heavy (non-hydrogen) atoms. The van der Waals surface area contributed by atoms with Gasteiger partial charge < -0.3 is 0 Å². The fraction of sp³-hybridized carbons (Fsp3) is 0.0714. The van der Waals surface area contributed by atoms with E-state index in [1.807, 2.05) is 30.3 Å². The zero-order valence-corrected chi connectivity index (χ0v) is 8.60. The van der Waals surface area contributed by atoms with Gasteiger partial charge in [-0.05, 0) is 23.3 Å². The lowest BCUT2D eigenvalue weighted by atomic mass is 10.0. The molecule has 78 valence electrons. The van der Waals surface area contributed by atoms with E-state index in [1.165, 1.54) is 12.1 Å². The maximum Gasteiger partial charge on any atom is 0.123 e. The van der Waals surface area contributed by atoms with Crippen molar-refractivity contribution in [3.63, 3.8) is 0 Å². The predicted octanol–water partition coefficient (Wildman–Crippen LogP) is 3.37. The van der Waals surface area contributed by atoms with Crippen molar-refractivity contribution >= 4 is 5.71 Å². The first-order chi connectivity index (χ1) is 7.84. The third-order valence-corrected chi connectivity index (χ3v) is 2.71. The van der Waals surface area contributed by atoms with Crippen molar-refractivity contribution in [1.82, 2.24) is 0 Å². The highest BCUT2D eigenvalue weighted by atomic mass is 19.1. The molecule has 2 aromatic carbocycles. The monoisotopic (exact) mass is 211 g/mol. The second kappa shape index (κ2) is 3.56. The van der Waals surface area contributed by atoms with E-state index in [2.05, 4.69) is 4.99 Å². The Hall–Kier alpha value is -1.96. The number of nitrogens with zero attached hydrogens (tertiary/aromatic N) is 1. The van der Waals surface area contributed by atoms with E-state index in [1.54, 1.807) is 12.1 Å². The number of aliphatic imine (C=N–C) groups is 1. The van der Waals surface area contributed by atoms with E-state index in [9.17, 15) is 4.39 Å². The summed E-state index contributed by atoms with van der Waals surface area (Å²) in [5.41, 5.74) is 3.30. The van der Waals surface area contributed by atoms with Crippen molar-refractivity contribution < 1.29 is 4.39 Å². The molecule has 1 aliphatic rings. The van der Waals surface area contributed by atoms with E-state index in [0.717, 1.165) is 16.8 Å². The van der Waals surface area contributed by atoms with Crippen LogP contribution in [0.5, 0.6) is 0 Å². The van der Waals surface area contributed by atoms with Crippen molar-refractivity contribution in [2.24, 2.45) is 4.99 Å². The summed E-state index contributed by atoms with van der Waals surface area (Å²) < 4.78 is 12.8. The van der Waals surface area contributed by atoms with Gasteiger partial charge in [0.15, 0.2) is 0 Å². The number of hydrogen-bond donors (Lipinski definition) is 0. The lowest BCUT2D eigenvalue weighted by molar-refractivity contribution is 0.627. The Morgan fingerprint density at radius 2 is 1.56 bits per heavy atom. The van der Waals surface area contributed by atoms with Crippen LogP contribution < -0.4 is 0 Å². The number of halogens is 1. The molecule has 2 aromatic rings. The Morgan fingerprint density at radius 1 is 0.875 bits per heavy atom. The van der Waals surface area contributed by atoms with Gasteiger partial charge in [-0.1, -0.05) is 42.5 Å². The van der Waals surface area contributed by atoms with Crippen LogP contribution in [-0.2, 0) is 0 Å². The first kappa shape index (κ1) is 9.28. The Labute approximate surface area is 93.3 Å². The highest BCUT2D eigenvalue weighted by Gasteiger charge is 2.30. The molecule has 0 bridgehead atoms. The number of benzene rings is 2. The Morgan fingerprint density at radius 3 is 2.25 bits per heavy atom. The summed E-state index contributed by atoms with van der Waals surface area (Å²) in [6.45, 7) is 0. The van der Waals surface area contributed by atoms with Crippen molar-refractivity contribution in [1.29, 1.82) is 0 Å². The van der Waals surface area contributed by atoms with Gasteiger partial charge in [-0.15, -0.1) is 0 Å². The highest BCUT2D eigenvalue weighted by molar-refractivity contribution is 6.13. The molecule has 1 aliphatic heterocycles.